The number of benzene rings is 2. The number of imide groups is 1. The molecular weight excluding hydrogens is 496 g/mol. The highest BCUT2D eigenvalue weighted by Crippen LogP contribution is 2.38. The molecule has 3 rings (SSSR count). The van der Waals surface area contributed by atoms with E-state index in [0.29, 0.717) is 32.3 Å². The van der Waals surface area contributed by atoms with Crippen molar-refractivity contribution < 1.29 is 24.2 Å². The Bertz CT molecular complexity index is 1070. The normalized spacial score (nSPS) is 15.2. The second-order valence-electron chi connectivity index (χ2n) is 6.01. The Balaban J connectivity index is 1.78. The number of amides is 2. The van der Waals surface area contributed by atoms with E-state index in [1.807, 2.05) is 0 Å². The third-order valence-corrected chi connectivity index (χ3v) is 6.06. The van der Waals surface area contributed by atoms with Crippen LogP contribution in [-0.4, -0.2) is 33.7 Å². The van der Waals surface area contributed by atoms with Crippen molar-refractivity contribution in [2.75, 3.05) is 6.54 Å². The Labute approximate surface area is 195 Å². The van der Waals surface area contributed by atoms with E-state index in [-0.39, 0.29) is 27.3 Å². The predicted octanol–water partition coefficient (Wildman–Crippen LogP) is 6.00. The topological polar surface area (TPSA) is 83.9 Å². The lowest BCUT2D eigenvalue weighted by molar-refractivity contribution is -0.140. The third kappa shape index (κ3) is 5.22. The van der Waals surface area contributed by atoms with Crippen LogP contribution in [0.2, 0.25) is 20.1 Å². The van der Waals surface area contributed by atoms with E-state index in [1.165, 1.54) is 18.2 Å². The number of hydrogen-bond donors (Lipinski definition) is 1. The summed E-state index contributed by atoms with van der Waals surface area (Å²) < 4.78 is 5.69. The number of ether oxygens (including phenoxy) is 1. The number of thioether (sulfide) groups is 1. The molecule has 1 saturated heterocycles. The molecule has 6 nitrogen and oxygen atoms in total. The Morgan fingerprint density at radius 1 is 1.03 bits per heavy atom. The van der Waals surface area contributed by atoms with Crippen LogP contribution in [0.1, 0.15) is 11.1 Å². The summed E-state index contributed by atoms with van der Waals surface area (Å²) >= 11 is 25.1. The van der Waals surface area contributed by atoms with Crippen LogP contribution in [0.3, 0.4) is 0 Å². The molecule has 0 atom stereocenters. The van der Waals surface area contributed by atoms with Gasteiger partial charge in [0.2, 0.25) is 0 Å². The van der Waals surface area contributed by atoms with Gasteiger partial charge in [0.25, 0.3) is 11.1 Å². The van der Waals surface area contributed by atoms with Gasteiger partial charge in [0, 0.05) is 0 Å². The Kier molecular flexibility index (Phi) is 7.21. The van der Waals surface area contributed by atoms with Gasteiger partial charge < -0.3 is 9.84 Å². The van der Waals surface area contributed by atoms with Gasteiger partial charge in [-0.25, -0.2) is 0 Å². The van der Waals surface area contributed by atoms with E-state index >= 15 is 0 Å². The maximum absolute atomic E-state index is 12.2. The minimum Gasteiger partial charge on any atom is -0.486 e. The van der Waals surface area contributed by atoms with E-state index in [1.54, 1.807) is 18.2 Å². The molecule has 11 heteroatoms. The number of carboxylic acid groups (broad SMARTS) is 1. The fraction of sp³-hybridized carbons (Fsp3) is 0.105. The Morgan fingerprint density at radius 2 is 1.70 bits per heavy atom. The first-order chi connectivity index (χ1) is 14.2. The summed E-state index contributed by atoms with van der Waals surface area (Å²) in [6.07, 6.45) is 1.41. The molecule has 2 aromatic carbocycles. The third-order valence-electron chi connectivity index (χ3n) is 3.85. The molecule has 156 valence electrons. The van der Waals surface area contributed by atoms with E-state index in [4.69, 9.17) is 56.2 Å². The monoisotopic (exact) mass is 505 g/mol. The molecule has 0 spiro atoms. The zero-order valence-electron chi connectivity index (χ0n) is 14.8. The minimum absolute atomic E-state index is 0.0675. The molecule has 1 N–H and O–H groups in total. The smallest absolute Gasteiger partial charge is 0.323 e. The highest BCUT2D eigenvalue weighted by Gasteiger charge is 2.36. The van der Waals surface area contributed by atoms with Crippen molar-refractivity contribution in [3.63, 3.8) is 0 Å². The van der Waals surface area contributed by atoms with Gasteiger partial charge in [0.05, 0.1) is 25.0 Å². The molecule has 0 unspecified atom stereocenters. The van der Waals surface area contributed by atoms with E-state index < -0.39 is 23.7 Å². The van der Waals surface area contributed by atoms with E-state index in [0.717, 1.165) is 5.56 Å². The zero-order chi connectivity index (χ0) is 22.0. The summed E-state index contributed by atoms with van der Waals surface area (Å²) in [7, 11) is 0. The first kappa shape index (κ1) is 22.8. The van der Waals surface area contributed by atoms with Crippen LogP contribution in [0.15, 0.2) is 35.2 Å². The first-order valence-electron chi connectivity index (χ1n) is 8.18. The van der Waals surface area contributed by atoms with Gasteiger partial charge in [-0.2, -0.15) is 0 Å². The van der Waals surface area contributed by atoms with E-state index in [2.05, 4.69) is 0 Å². The number of aliphatic carboxylic acids is 1. The van der Waals surface area contributed by atoms with Gasteiger partial charge in [-0.3, -0.25) is 19.3 Å². The molecule has 30 heavy (non-hydrogen) atoms. The number of hydrogen-bond acceptors (Lipinski definition) is 5. The van der Waals surface area contributed by atoms with Crippen LogP contribution in [0.25, 0.3) is 6.08 Å². The number of halogens is 4. The lowest BCUT2D eigenvalue weighted by Crippen LogP contribution is -2.33. The number of carboxylic acids is 1. The van der Waals surface area contributed by atoms with Crippen molar-refractivity contribution >= 4 is 81.4 Å². The molecule has 1 heterocycles. The van der Waals surface area contributed by atoms with Gasteiger partial charge in [-0.1, -0.05) is 52.5 Å². The van der Waals surface area contributed by atoms with Crippen LogP contribution < -0.4 is 4.74 Å². The molecule has 0 bridgehead atoms. The zero-order valence-corrected chi connectivity index (χ0v) is 18.7. The first-order valence-corrected chi connectivity index (χ1v) is 10.5. The highest BCUT2D eigenvalue weighted by molar-refractivity contribution is 8.18. The molecule has 0 aromatic heterocycles. The molecule has 1 aliphatic rings. The number of carbonyl (C=O) groups is 3. The molecule has 0 aliphatic carbocycles. The van der Waals surface area contributed by atoms with Crippen molar-refractivity contribution in [1.29, 1.82) is 0 Å². The fourth-order valence-corrected chi connectivity index (χ4v) is 4.28. The lowest BCUT2D eigenvalue weighted by atomic mass is 10.2. The number of carbonyl (C=O) groups excluding carboxylic acids is 2. The average molecular weight is 507 g/mol. The van der Waals surface area contributed by atoms with Crippen LogP contribution in [-0.2, 0) is 16.2 Å². The molecular formula is C19H11Cl4NO5S. The summed E-state index contributed by atoms with van der Waals surface area (Å²) in [6, 6.07) is 8.09. The maximum Gasteiger partial charge on any atom is 0.323 e. The summed E-state index contributed by atoms with van der Waals surface area (Å²) in [5, 5.41) is 9.35. The van der Waals surface area contributed by atoms with Gasteiger partial charge in [-0.15, -0.1) is 0 Å². The Hall–Kier alpha value is -1.90. The van der Waals surface area contributed by atoms with Crippen LogP contribution in [0, 0.1) is 0 Å². The largest absolute Gasteiger partial charge is 0.486 e. The highest BCUT2D eigenvalue weighted by atomic mass is 35.5. The molecule has 2 aromatic rings. The number of rotatable bonds is 6. The molecule has 2 amide bonds. The molecule has 0 radical (unpaired) electrons. The second-order valence-corrected chi connectivity index (χ2v) is 8.63. The van der Waals surface area contributed by atoms with Crippen LogP contribution >= 0.6 is 58.2 Å². The number of nitrogens with zero attached hydrogens (tertiary/aromatic N) is 1. The molecule has 0 saturated carbocycles. The van der Waals surface area contributed by atoms with Gasteiger partial charge in [0.15, 0.2) is 5.75 Å². The second kappa shape index (κ2) is 9.49. The van der Waals surface area contributed by atoms with Gasteiger partial charge >= 0.3 is 5.97 Å². The predicted molar refractivity (Wildman–Crippen MR) is 118 cm³/mol. The van der Waals surface area contributed by atoms with Crippen molar-refractivity contribution in [3.05, 3.63) is 66.5 Å². The van der Waals surface area contributed by atoms with Crippen LogP contribution in [0.5, 0.6) is 5.75 Å². The SMILES string of the molecule is O=C(O)CN1C(=O)S/C(=C/c2cc(Cl)c(OCc3ccc(Cl)c(Cl)c3)c(Cl)c2)C1=O. The molecule has 1 fully saturated rings. The van der Waals surface area contributed by atoms with Crippen molar-refractivity contribution in [2.24, 2.45) is 0 Å². The minimum atomic E-state index is -1.28. The fourth-order valence-electron chi connectivity index (χ4n) is 2.51. The van der Waals surface area contributed by atoms with Gasteiger partial charge in [-0.05, 0) is 53.2 Å². The van der Waals surface area contributed by atoms with Crippen molar-refractivity contribution in [1.82, 2.24) is 4.90 Å². The quantitative estimate of drug-likeness (QED) is 0.483. The summed E-state index contributed by atoms with van der Waals surface area (Å²) in [5.41, 5.74) is 1.21. The molecule has 1 aliphatic heterocycles. The van der Waals surface area contributed by atoms with Crippen molar-refractivity contribution in [2.45, 2.75) is 6.61 Å². The summed E-state index contributed by atoms with van der Waals surface area (Å²) in [4.78, 5) is 35.6. The lowest BCUT2D eigenvalue weighted by Gasteiger charge is -2.12. The van der Waals surface area contributed by atoms with E-state index in [9.17, 15) is 14.4 Å². The van der Waals surface area contributed by atoms with Gasteiger partial charge in [0.1, 0.15) is 13.2 Å². The summed E-state index contributed by atoms with van der Waals surface area (Å²) in [5.74, 6) is -1.74. The van der Waals surface area contributed by atoms with Crippen LogP contribution in [0.4, 0.5) is 4.79 Å². The average Bonchev–Trinajstić information content (AvgIpc) is 2.91. The Morgan fingerprint density at radius 3 is 2.30 bits per heavy atom. The summed E-state index contributed by atoms with van der Waals surface area (Å²) in [6.45, 7) is -0.561. The standard InChI is InChI=1S/C19H11Cl4NO5S/c20-11-2-1-9(3-12(11)21)8-29-17-13(22)4-10(5-14(17)23)6-15-18(27)24(7-16(25)26)19(28)30-15/h1-6H,7-8H2,(H,25,26)/b15-6+. The van der Waals surface area contributed by atoms with Crippen molar-refractivity contribution in [3.8, 4) is 5.75 Å². The maximum atomic E-state index is 12.2.